The first-order chi connectivity index (χ1) is 14.1. The number of benzene rings is 2. The van der Waals surface area contributed by atoms with Crippen molar-refractivity contribution in [2.45, 2.75) is 6.04 Å². The quantitative estimate of drug-likeness (QED) is 0.425. The summed E-state index contributed by atoms with van der Waals surface area (Å²) in [5.41, 5.74) is 1.28. The number of carbonyl (C=O) groups is 1. The lowest BCUT2D eigenvalue weighted by atomic mass is 10.0. The van der Waals surface area contributed by atoms with Crippen molar-refractivity contribution in [3.63, 3.8) is 0 Å². The number of halogens is 1. The molecule has 1 aliphatic heterocycles. The highest BCUT2D eigenvalue weighted by Gasteiger charge is 2.24. The van der Waals surface area contributed by atoms with Crippen molar-refractivity contribution in [2.24, 2.45) is 0 Å². The van der Waals surface area contributed by atoms with Crippen molar-refractivity contribution in [2.75, 3.05) is 32.8 Å². The molecular formula is C21H22ClN3O4. The number of rotatable bonds is 7. The lowest BCUT2D eigenvalue weighted by molar-refractivity contribution is -0.385. The summed E-state index contributed by atoms with van der Waals surface area (Å²) in [5, 5.41) is 14.6. The Kier molecular flexibility index (Phi) is 7.35. The van der Waals surface area contributed by atoms with Gasteiger partial charge in [0.2, 0.25) is 5.91 Å². The second-order valence-electron chi connectivity index (χ2n) is 6.58. The molecule has 7 nitrogen and oxygen atoms in total. The zero-order chi connectivity index (χ0) is 20.6. The molecule has 1 saturated heterocycles. The number of para-hydroxylation sites is 1. The molecule has 0 radical (unpaired) electrons. The number of morpholine rings is 1. The molecule has 1 unspecified atom stereocenters. The van der Waals surface area contributed by atoms with E-state index in [1.54, 1.807) is 18.2 Å². The second-order valence-corrected chi connectivity index (χ2v) is 6.99. The summed E-state index contributed by atoms with van der Waals surface area (Å²) in [5.74, 6) is -0.325. The van der Waals surface area contributed by atoms with E-state index >= 15 is 0 Å². The molecule has 0 saturated carbocycles. The van der Waals surface area contributed by atoms with E-state index in [1.807, 2.05) is 24.3 Å². The van der Waals surface area contributed by atoms with Gasteiger partial charge in [-0.15, -0.1) is 0 Å². The average molecular weight is 416 g/mol. The summed E-state index contributed by atoms with van der Waals surface area (Å²) < 4.78 is 5.43. The summed E-state index contributed by atoms with van der Waals surface area (Å²) in [4.78, 5) is 25.2. The molecule has 152 valence electrons. The van der Waals surface area contributed by atoms with Crippen LogP contribution >= 0.6 is 11.6 Å². The zero-order valence-corrected chi connectivity index (χ0v) is 16.5. The number of nitro groups is 1. The van der Waals surface area contributed by atoms with E-state index in [-0.39, 0.29) is 17.6 Å². The van der Waals surface area contributed by atoms with Crippen molar-refractivity contribution in [1.29, 1.82) is 0 Å². The minimum absolute atomic E-state index is 0.0428. The van der Waals surface area contributed by atoms with Gasteiger partial charge in [0.25, 0.3) is 5.69 Å². The van der Waals surface area contributed by atoms with Crippen LogP contribution in [0.4, 0.5) is 5.69 Å². The van der Waals surface area contributed by atoms with Crippen LogP contribution in [0, 0.1) is 10.1 Å². The molecule has 3 rings (SSSR count). The van der Waals surface area contributed by atoms with Crippen molar-refractivity contribution in [3.8, 4) is 0 Å². The molecule has 8 heteroatoms. The highest BCUT2D eigenvalue weighted by atomic mass is 35.5. The van der Waals surface area contributed by atoms with Crippen LogP contribution < -0.4 is 5.32 Å². The molecule has 0 aromatic heterocycles. The molecule has 1 aliphatic rings. The van der Waals surface area contributed by atoms with E-state index in [9.17, 15) is 14.9 Å². The van der Waals surface area contributed by atoms with Crippen LogP contribution in [0.5, 0.6) is 0 Å². The van der Waals surface area contributed by atoms with Crippen molar-refractivity contribution in [1.82, 2.24) is 10.2 Å². The zero-order valence-electron chi connectivity index (χ0n) is 15.8. The van der Waals surface area contributed by atoms with Crippen LogP contribution in [0.15, 0.2) is 54.6 Å². The maximum Gasteiger partial charge on any atom is 0.276 e. The molecule has 1 fully saturated rings. The summed E-state index contributed by atoms with van der Waals surface area (Å²) in [6, 6.07) is 13.8. The van der Waals surface area contributed by atoms with Gasteiger partial charge in [-0.2, -0.15) is 0 Å². The number of ether oxygens (including phenoxy) is 1. The summed E-state index contributed by atoms with van der Waals surface area (Å²) >= 11 is 6.39. The average Bonchev–Trinajstić information content (AvgIpc) is 2.74. The van der Waals surface area contributed by atoms with Crippen molar-refractivity contribution < 1.29 is 14.5 Å². The predicted molar refractivity (Wildman–Crippen MR) is 112 cm³/mol. The van der Waals surface area contributed by atoms with Crippen LogP contribution in [0.2, 0.25) is 5.02 Å². The molecule has 1 N–H and O–H groups in total. The largest absolute Gasteiger partial charge is 0.379 e. The van der Waals surface area contributed by atoms with Crippen LogP contribution in [0.1, 0.15) is 17.2 Å². The smallest absolute Gasteiger partial charge is 0.276 e. The predicted octanol–water partition coefficient (Wildman–Crippen LogP) is 3.45. The molecule has 2 aromatic rings. The number of nitro benzene ring substituents is 1. The normalized spacial score (nSPS) is 15.9. The molecule has 1 heterocycles. The molecule has 29 heavy (non-hydrogen) atoms. The van der Waals surface area contributed by atoms with Crippen molar-refractivity contribution in [3.05, 3.63) is 80.9 Å². The number of amides is 1. The molecule has 0 bridgehead atoms. The number of nitrogens with zero attached hydrogens (tertiary/aromatic N) is 2. The van der Waals surface area contributed by atoms with Gasteiger partial charge in [0.1, 0.15) is 0 Å². The van der Waals surface area contributed by atoms with Gasteiger partial charge in [0.05, 0.1) is 29.7 Å². The number of hydrogen-bond acceptors (Lipinski definition) is 5. The monoisotopic (exact) mass is 415 g/mol. The van der Waals surface area contributed by atoms with Gasteiger partial charge in [0.15, 0.2) is 0 Å². The Morgan fingerprint density at radius 2 is 1.90 bits per heavy atom. The molecule has 1 atom stereocenters. The Morgan fingerprint density at radius 1 is 1.21 bits per heavy atom. The molecule has 0 aliphatic carbocycles. The fourth-order valence-corrected chi connectivity index (χ4v) is 3.55. The molecular weight excluding hydrogens is 394 g/mol. The second kappa shape index (κ2) is 10.2. The Labute approximate surface area is 174 Å². The van der Waals surface area contributed by atoms with Crippen LogP contribution in [0.25, 0.3) is 6.08 Å². The first-order valence-electron chi connectivity index (χ1n) is 9.32. The number of hydrogen-bond donors (Lipinski definition) is 1. The van der Waals surface area contributed by atoms with E-state index in [0.717, 1.165) is 18.7 Å². The third kappa shape index (κ3) is 5.63. The standard InChI is InChI=1S/C21H22ClN3O4/c22-18-7-3-2-6-17(18)20(24-11-13-29-14-12-24)15-23-21(26)10-9-16-5-1-4-8-19(16)25(27)28/h1-10,20H,11-15H2,(H,23,26)/b10-9+. The van der Waals surface area contributed by atoms with E-state index in [2.05, 4.69) is 10.2 Å². The Bertz CT molecular complexity index is 897. The Balaban J connectivity index is 1.70. The summed E-state index contributed by atoms with van der Waals surface area (Å²) in [7, 11) is 0. The maximum absolute atomic E-state index is 12.4. The van der Waals surface area contributed by atoms with Gasteiger partial charge in [-0.05, 0) is 23.8 Å². The SMILES string of the molecule is O=C(/C=C/c1ccccc1[N+](=O)[O-])NCC(c1ccccc1Cl)N1CCOCC1. The van der Waals surface area contributed by atoms with E-state index < -0.39 is 4.92 Å². The van der Waals surface area contributed by atoms with Gasteiger partial charge in [0, 0.05) is 36.8 Å². The summed E-state index contributed by atoms with van der Waals surface area (Å²) in [6.45, 7) is 3.12. The highest BCUT2D eigenvalue weighted by Crippen LogP contribution is 2.27. The first-order valence-corrected chi connectivity index (χ1v) is 9.69. The minimum atomic E-state index is -0.469. The fraction of sp³-hybridized carbons (Fsp3) is 0.286. The third-order valence-corrected chi connectivity index (χ3v) is 5.11. The van der Waals surface area contributed by atoms with E-state index in [4.69, 9.17) is 16.3 Å². The van der Waals surface area contributed by atoms with Gasteiger partial charge < -0.3 is 10.1 Å². The Morgan fingerprint density at radius 3 is 2.62 bits per heavy atom. The summed E-state index contributed by atoms with van der Waals surface area (Å²) in [6.07, 6.45) is 2.76. The van der Waals surface area contributed by atoms with Gasteiger partial charge in [-0.3, -0.25) is 19.8 Å². The van der Waals surface area contributed by atoms with E-state index in [0.29, 0.717) is 30.3 Å². The molecule has 2 aromatic carbocycles. The Hall–Kier alpha value is -2.74. The first kappa shape index (κ1) is 21.0. The van der Waals surface area contributed by atoms with Crippen molar-refractivity contribution >= 4 is 29.3 Å². The minimum Gasteiger partial charge on any atom is -0.379 e. The lowest BCUT2D eigenvalue weighted by Gasteiger charge is -2.35. The maximum atomic E-state index is 12.4. The highest BCUT2D eigenvalue weighted by molar-refractivity contribution is 6.31. The fourth-order valence-electron chi connectivity index (χ4n) is 3.29. The van der Waals surface area contributed by atoms with Gasteiger partial charge in [-0.25, -0.2) is 0 Å². The number of carbonyl (C=O) groups excluding carboxylic acids is 1. The van der Waals surface area contributed by atoms with Crippen LogP contribution in [-0.2, 0) is 9.53 Å². The van der Waals surface area contributed by atoms with Crippen LogP contribution in [0.3, 0.4) is 0 Å². The van der Waals surface area contributed by atoms with Gasteiger partial charge in [-0.1, -0.05) is 41.9 Å². The van der Waals surface area contributed by atoms with E-state index in [1.165, 1.54) is 18.2 Å². The molecule has 0 spiro atoms. The third-order valence-electron chi connectivity index (χ3n) is 4.77. The molecule has 1 amide bonds. The van der Waals surface area contributed by atoms with Crippen LogP contribution in [-0.4, -0.2) is 48.6 Å². The lowest BCUT2D eigenvalue weighted by Crippen LogP contribution is -2.43. The topological polar surface area (TPSA) is 84.7 Å². The van der Waals surface area contributed by atoms with Gasteiger partial charge >= 0.3 is 0 Å². The number of nitrogens with one attached hydrogen (secondary N) is 1.